The van der Waals surface area contributed by atoms with Crippen LogP contribution >= 0.6 is 0 Å². The average Bonchev–Trinajstić information content (AvgIpc) is 3.02. The van der Waals surface area contributed by atoms with Gasteiger partial charge >= 0.3 is 0 Å². The number of nitrogens with zero attached hydrogens (tertiary/aromatic N) is 2. The Kier molecular flexibility index (Phi) is 5.99. The number of H-pyrrole nitrogens is 1. The Hall–Kier alpha value is -3.28. The minimum atomic E-state index is -0.103. The van der Waals surface area contributed by atoms with Gasteiger partial charge < -0.3 is 9.47 Å². The number of methoxy groups -OCH3 is 2. The van der Waals surface area contributed by atoms with Crippen molar-refractivity contribution in [1.29, 1.82) is 0 Å². The van der Waals surface area contributed by atoms with Crippen LogP contribution in [0.2, 0.25) is 0 Å². The van der Waals surface area contributed by atoms with E-state index in [9.17, 15) is 4.79 Å². The summed E-state index contributed by atoms with van der Waals surface area (Å²) >= 11 is 0. The summed E-state index contributed by atoms with van der Waals surface area (Å²) in [5, 5.41) is 3.14. The molecule has 0 bridgehead atoms. The summed E-state index contributed by atoms with van der Waals surface area (Å²) < 4.78 is 11.9. The normalized spacial score (nSPS) is 11.5. The van der Waals surface area contributed by atoms with E-state index in [1.165, 1.54) is 10.2 Å². The lowest BCUT2D eigenvalue weighted by atomic mass is 10.1. The summed E-state index contributed by atoms with van der Waals surface area (Å²) in [5.41, 5.74) is 3.98. The summed E-state index contributed by atoms with van der Waals surface area (Å²) in [6.07, 6.45) is 0.803. The van der Waals surface area contributed by atoms with Gasteiger partial charge in [-0.2, -0.15) is 0 Å². The van der Waals surface area contributed by atoms with Gasteiger partial charge in [0, 0.05) is 18.0 Å². The molecule has 3 aromatic rings. The second-order valence-corrected chi connectivity index (χ2v) is 6.52. The smallest absolute Gasteiger partial charge is 0.280 e. The molecule has 2 aromatic carbocycles. The molecule has 146 valence electrons. The lowest BCUT2D eigenvalue weighted by molar-refractivity contribution is 0.414. The minimum Gasteiger partial charge on any atom is -0.497 e. The van der Waals surface area contributed by atoms with Crippen molar-refractivity contribution in [3.8, 4) is 17.2 Å². The van der Waals surface area contributed by atoms with Crippen molar-refractivity contribution in [3.05, 3.63) is 75.7 Å². The van der Waals surface area contributed by atoms with Gasteiger partial charge in [0.1, 0.15) is 11.5 Å². The SMILES string of the molecule is COc1ccc(CCN=C(C)c2c(C)[nH]n(-c3ccc(OC)cc3)c2=O)cc1. The molecule has 6 nitrogen and oxygen atoms in total. The van der Waals surface area contributed by atoms with Gasteiger partial charge in [-0.1, -0.05) is 12.1 Å². The van der Waals surface area contributed by atoms with Gasteiger partial charge in [-0.05, 0) is 62.2 Å². The van der Waals surface area contributed by atoms with E-state index in [0.717, 1.165) is 35.0 Å². The fourth-order valence-corrected chi connectivity index (χ4v) is 3.11. The molecule has 0 saturated carbocycles. The Morgan fingerprint density at radius 2 is 1.57 bits per heavy atom. The highest BCUT2D eigenvalue weighted by atomic mass is 16.5. The molecule has 0 spiro atoms. The Bertz CT molecular complexity index is 1010. The van der Waals surface area contributed by atoms with Crippen LogP contribution in [0.3, 0.4) is 0 Å². The zero-order valence-corrected chi connectivity index (χ0v) is 16.7. The molecule has 0 atom stereocenters. The average molecular weight is 379 g/mol. The molecule has 1 N–H and O–H groups in total. The van der Waals surface area contributed by atoms with Crippen molar-refractivity contribution in [2.75, 3.05) is 20.8 Å². The van der Waals surface area contributed by atoms with E-state index in [-0.39, 0.29) is 5.56 Å². The molecule has 6 heteroatoms. The number of benzene rings is 2. The van der Waals surface area contributed by atoms with E-state index in [2.05, 4.69) is 10.1 Å². The van der Waals surface area contributed by atoms with Crippen molar-refractivity contribution >= 4 is 5.71 Å². The fourth-order valence-electron chi connectivity index (χ4n) is 3.11. The predicted octanol–water partition coefficient (Wildman–Crippen LogP) is 3.54. The molecule has 0 aliphatic heterocycles. The molecule has 1 heterocycles. The van der Waals surface area contributed by atoms with Crippen LogP contribution in [0.4, 0.5) is 0 Å². The number of hydrogen-bond acceptors (Lipinski definition) is 4. The number of rotatable bonds is 7. The van der Waals surface area contributed by atoms with Crippen molar-refractivity contribution in [2.24, 2.45) is 4.99 Å². The summed E-state index contributed by atoms with van der Waals surface area (Å²) in [4.78, 5) is 17.5. The highest BCUT2D eigenvalue weighted by molar-refractivity contribution is 5.99. The molecule has 28 heavy (non-hydrogen) atoms. The maximum Gasteiger partial charge on any atom is 0.280 e. The highest BCUT2D eigenvalue weighted by Crippen LogP contribution is 2.15. The number of ether oxygens (including phenoxy) is 2. The monoisotopic (exact) mass is 379 g/mol. The molecule has 0 radical (unpaired) electrons. The third-order valence-electron chi connectivity index (χ3n) is 4.67. The first kappa shape index (κ1) is 19.5. The minimum absolute atomic E-state index is 0.103. The first-order chi connectivity index (χ1) is 13.5. The number of aromatic amines is 1. The summed E-state index contributed by atoms with van der Waals surface area (Å²) in [7, 11) is 3.27. The summed E-state index contributed by atoms with van der Waals surface area (Å²) in [6.45, 7) is 4.38. The van der Waals surface area contributed by atoms with E-state index >= 15 is 0 Å². The summed E-state index contributed by atoms with van der Waals surface area (Å²) in [5.74, 6) is 1.59. The Balaban J connectivity index is 1.77. The first-order valence-electron chi connectivity index (χ1n) is 9.14. The molecule has 0 unspecified atom stereocenters. The Morgan fingerprint density at radius 3 is 2.14 bits per heavy atom. The molecule has 0 aliphatic carbocycles. The zero-order chi connectivity index (χ0) is 20.1. The van der Waals surface area contributed by atoms with E-state index in [1.807, 2.05) is 62.4 Å². The third-order valence-corrected chi connectivity index (χ3v) is 4.67. The van der Waals surface area contributed by atoms with Crippen LogP contribution in [0.25, 0.3) is 5.69 Å². The maximum absolute atomic E-state index is 12.9. The number of hydrogen-bond donors (Lipinski definition) is 1. The Labute approximate surface area is 164 Å². The van der Waals surface area contributed by atoms with Gasteiger partial charge in [0.25, 0.3) is 5.56 Å². The Morgan fingerprint density at radius 1 is 1.00 bits per heavy atom. The number of aliphatic imine (C=N–C) groups is 1. The van der Waals surface area contributed by atoms with Gasteiger partial charge in [0.2, 0.25) is 0 Å². The van der Waals surface area contributed by atoms with E-state index in [4.69, 9.17) is 9.47 Å². The van der Waals surface area contributed by atoms with Crippen LogP contribution in [-0.2, 0) is 6.42 Å². The largest absolute Gasteiger partial charge is 0.497 e. The predicted molar refractivity (Wildman–Crippen MR) is 111 cm³/mol. The van der Waals surface area contributed by atoms with E-state index in [0.29, 0.717) is 12.1 Å². The van der Waals surface area contributed by atoms with Crippen LogP contribution < -0.4 is 15.0 Å². The van der Waals surface area contributed by atoms with Crippen LogP contribution in [0.15, 0.2) is 58.3 Å². The maximum atomic E-state index is 12.9. The van der Waals surface area contributed by atoms with Crippen molar-refractivity contribution in [1.82, 2.24) is 9.78 Å². The molecular formula is C22H25N3O3. The fraction of sp³-hybridized carbons (Fsp3) is 0.273. The summed E-state index contributed by atoms with van der Waals surface area (Å²) in [6, 6.07) is 15.3. The lowest BCUT2D eigenvalue weighted by Gasteiger charge is -2.03. The van der Waals surface area contributed by atoms with Gasteiger partial charge in [0.15, 0.2) is 0 Å². The van der Waals surface area contributed by atoms with Gasteiger partial charge in [-0.15, -0.1) is 0 Å². The van der Waals surface area contributed by atoms with Gasteiger partial charge in [0.05, 0.1) is 25.5 Å². The van der Waals surface area contributed by atoms with Crippen LogP contribution in [0.5, 0.6) is 11.5 Å². The standard InChI is InChI=1S/C22H25N3O3/c1-15(23-14-13-17-5-9-19(27-3)10-6-17)21-16(2)24-25(22(21)26)18-7-11-20(28-4)12-8-18/h5-12,24H,13-14H2,1-4H3. The van der Waals surface area contributed by atoms with Crippen molar-refractivity contribution in [3.63, 3.8) is 0 Å². The second kappa shape index (κ2) is 8.61. The lowest BCUT2D eigenvalue weighted by Crippen LogP contribution is -2.19. The van der Waals surface area contributed by atoms with E-state index < -0.39 is 0 Å². The third kappa shape index (κ3) is 4.17. The van der Waals surface area contributed by atoms with Crippen LogP contribution in [0.1, 0.15) is 23.7 Å². The van der Waals surface area contributed by atoms with Gasteiger partial charge in [-0.25, -0.2) is 4.68 Å². The van der Waals surface area contributed by atoms with E-state index in [1.54, 1.807) is 14.2 Å². The highest BCUT2D eigenvalue weighted by Gasteiger charge is 2.14. The number of nitrogens with one attached hydrogen (secondary N) is 1. The van der Waals surface area contributed by atoms with Crippen molar-refractivity contribution in [2.45, 2.75) is 20.3 Å². The second-order valence-electron chi connectivity index (χ2n) is 6.52. The van der Waals surface area contributed by atoms with Crippen LogP contribution in [0, 0.1) is 6.92 Å². The molecular weight excluding hydrogens is 354 g/mol. The number of aryl methyl sites for hydroxylation is 1. The zero-order valence-electron chi connectivity index (χ0n) is 16.7. The molecule has 1 aromatic heterocycles. The molecule has 3 rings (SSSR count). The van der Waals surface area contributed by atoms with Crippen molar-refractivity contribution < 1.29 is 9.47 Å². The van der Waals surface area contributed by atoms with Gasteiger partial charge in [-0.3, -0.25) is 14.9 Å². The molecule has 0 fully saturated rings. The topological polar surface area (TPSA) is 68.6 Å². The molecule has 0 amide bonds. The quantitative estimate of drug-likeness (QED) is 0.639. The molecule has 0 aliphatic rings. The molecule has 0 saturated heterocycles. The van der Waals surface area contributed by atoms with Crippen LogP contribution in [-0.4, -0.2) is 36.3 Å². The number of aromatic nitrogens is 2. The first-order valence-corrected chi connectivity index (χ1v) is 9.14.